The Kier molecular flexibility index (Phi) is 7.35. The highest BCUT2D eigenvalue weighted by atomic mass is 16.5. The number of aliphatic imine (C=N–C) groups is 1. The van der Waals surface area contributed by atoms with Crippen LogP contribution >= 0.6 is 0 Å². The van der Waals surface area contributed by atoms with Crippen LogP contribution in [0, 0.1) is 11.3 Å². The van der Waals surface area contributed by atoms with Crippen LogP contribution in [0.5, 0.6) is 0 Å². The van der Waals surface area contributed by atoms with Gasteiger partial charge in [0.2, 0.25) is 0 Å². The van der Waals surface area contributed by atoms with E-state index in [0.717, 1.165) is 37.9 Å². The summed E-state index contributed by atoms with van der Waals surface area (Å²) in [7, 11) is 4.08. The van der Waals surface area contributed by atoms with Crippen molar-refractivity contribution in [1.82, 2.24) is 15.5 Å². The van der Waals surface area contributed by atoms with E-state index in [-0.39, 0.29) is 5.41 Å². The summed E-state index contributed by atoms with van der Waals surface area (Å²) in [5, 5.41) is 7.14. The Bertz CT molecular complexity index is 410. The second kappa shape index (κ2) is 9.04. The molecule has 2 fully saturated rings. The molecule has 3 unspecified atom stereocenters. The highest BCUT2D eigenvalue weighted by molar-refractivity contribution is 5.80. The molecule has 0 amide bonds. The summed E-state index contributed by atoms with van der Waals surface area (Å²) in [6.07, 6.45) is 6.42. The van der Waals surface area contributed by atoms with Gasteiger partial charge in [-0.05, 0) is 45.2 Å². The molecule has 1 aliphatic heterocycles. The van der Waals surface area contributed by atoms with Gasteiger partial charge < -0.3 is 20.3 Å². The molecule has 0 aromatic carbocycles. The lowest BCUT2D eigenvalue weighted by molar-refractivity contribution is -0.113. The summed E-state index contributed by atoms with van der Waals surface area (Å²) < 4.78 is 6.04. The van der Waals surface area contributed by atoms with Crippen LogP contribution in [0.4, 0.5) is 0 Å². The largest absolute Gasteiger partial charge is 0.378 e. The average molecular weight is 339 g/mol. The molecule has 5 nitrogen and oxygen atoms in total. The molecule has 1 aliphatic carbocycles. The Balaban J connectivity index is 1.73. The van der Waals surface area contributed by atoms with Gasteiger partial charge in [-0.2, -0.15) is 0 Å². The van der Waals surface area contributed by atoms with Gasteiger partial charge in [0, 0.05) is 38.2 Å². The van der Waals surface area contributed by atoms with Crippen molar-refractivity contribution in [3.05, 3.63) is 0 Å². The van der Waals surface area contributed by atoms with Crippen LogP contribution in [0.1, 0.15) is 52.9 Å². The molecule has 0 aromatic rings. The number of nitrogens with one attached hydrogen (secondary N) is 2. The van der Waals surface area contributed by atoms with E-state index in [1.54, 1.807) is 0 Å². The van der Waals surface area contributed by atoms with E-state index in [2.05, 4.69) is 48.3 Å². The third-order valence-electron chi connectivity index (χ3n) is 5.81. The maximum absolute atomic E-state index is 6.04. The fraction of sp³-hybridized carbons (Fsp3) is 0.947. The van der Waals surface area contributed by atoms with Gasteiger partial charge in [0.25, 0.3) is 0 Å². The van der Waals surface area contributed by atoms with Crippen molar-refractivity contribution in [2.75, 3.05) is 40.3 Å². The van der Waals surface area contributed by atoms with Crippen LogP contribution in [-0.4, -0.2) is 63.3 Å². The molecule has 0 radical (unpaired) electrons. The zero-order chi connectivity index (χ0) is 17.6. The van der Waals surface area contributed by atoms with Gasteiger partial charge in [0.1, 0.15) is 0 Å². The molecule has 1 heterocycles. The number of nitrogens with zero attached hydrogens (tertiary/aromatic N) is 2. The Morgan fingerprint density at radius 3 is 2.79 bits per heavy atom. The van der Waals surface area contributed by atoms with E-state index < -0.39 is 0 Å². The van der Waals surface area contributed by atoms with Crippen molar-refractivity contribution in [2.24, 2.45) is 16.3 Å². The number of unbranched alkanes of at least 4 members (excludes halogenated alkanes) is 1. The van der Waals surface area contributed by atoms with Gasteiger partial charge in [-0.25, -0.2) is 0 Å². The van der Waals surface area contributed by atoms with Crippen molar-refractivity contribution in [2.45, 2.75) is 65.0 Å². The molecular weight excluding hydrogens is 300 g/mol. The van der Waals surface area contributed by atoms with E-state index in [1.807, 2.05) is 7.05 Å². The minimum atomic E-state index is 0.163. The lowest BCUT2D eigenvalue weighted by Crippen LogP contribution is -2.63. The molecule has 0 aromatic heterocycles. The van der Waals surface area contributed by atoms with Gasteiger partial charge in [-0.3, -0.25) is 4.99 Å². The summed E-state index contributed by atoms with van der Waals surface area (Å²) in [4.78, 5) is 6.85. The Morgan fingerprint density at radius 1 is 1.38 bits per heavy atom. The zero-order valence-electron chi connectivity index (χ0n) is 16.4. The molecule has 24 heavy (non-hydrogen) atoms. The van der Waals surface area contributed by atoms with E-state index in [4.69, 9.17) is 4.74 Å². The van der Waals surface area contributed by atoms with Crippen molar-refractivity contribution < 1.29 is 4.74 Å². The van der Waals surface area contributed by atoms with Gasteiger partial charge in [-0.15, -0.1) is 0 Å². The molecule has 1 saturated heterocycles. The van der Waals surface area contributed by atoms with Crippen LogP contribution in [0.15, 0.2) is 4.99 Å². The molecule has 2 N–H and O–H groups in total. The minimum absolute atomic E-state index is 0.163. The topological polar surface area (TPSA) is 48.9 Å². The summed E-state index contributed by atoms with van der Waals surface area (Å²) in [6, 6.07) is 0.435. The first kappa shape index (κ1) is 19.5. The molecule has 1 saturated carbocycles. The van der Waals surface area contributed by atoms with Crippen molar-refractivity contribution in [3.8, 4) is 0 Å². The molecular formula is C19H38N4O. The monoisotopic (exact) mass is 338 g/mol. The second-order valence-electron chi connectivity index (χ2n) is 8.19. The summed E-state index contributed by atoms with van der Waals surface area (Å²) in [5.74, 6) is 1.66. The smallest absolute Gasteiger partial charge is 0.191 e. The van der Waals surface area contributed by atoms with E-state index in [0.29, 0.717) is 12.1 Å². The number of likely N-dealkylation sites (tertiary alicyclic amines) is 1. The fourth-order valence-corrected chi connectivity index (χ4v) is 3.82. The van der Waals surface area contributed by atoms with Gasteiger partial charge in [-0.1, -0.05) is 27.2 Å². The van der Waals surface area contributed by atoms with Crippen LogP contribution < -0.4 is 10.6 Å². The molecule has 3 atom stereocenters. The summed E-state index contributed by atoms with van der Waals surface area (Å²) >= 11 is 0. The second-order valence-corrected chi connectivity index (χ2v) is 8.19. The van der Waals surface area contributed by atoms with E-state index in [9.17, 15) is 0 Å². The predicted octanol–water partition coefficient (Wildman–Crippen LogP) is 2.48. The first-order chi connectivity index (χ1) is 11.5. The molecule has 0 bridgehead atoms. The van der Waals surface area contributed by atoms with Crippen LogP contribution in [-0.2, 0) is 4.74 Å². The normalized spacial score (nSPS) is 30.7. The predicted molar refractivity (Wildman–Crippen MR) is 102 cm³/mol. The Labute approximate surface area is 148 Å². The molecule has 2 rings (SSSR count). The lowest BCUT2D eigenvalue weighted by Gasteiger charge is -2.52. The first-order valence-corrected chi connectivity index (χ1v) is 9.74. The van der Waals surface area contributed by atoms with E-state index in [1.165, 1.54) is 32.4 Å². The number of rotatable bonds is 7. The number of piperidine rings is 1. The molecule has 5 heteroatoms. The SMILES string of the molecule is CCCCOC1CC(NC(=NC)NCC2CCCN(C)C2)C1(C)C. The summed E-state index contributed by atoms with van der Waals surface area (Å²) in [5.41, 5.74) is 0.163. The third kappa shape index (κ3) is 5.09. The molecule has 0 spiro atoms. The number of hydrogen-bond acceptors (Lipinski definition) is 3. The quantitative estimate of drug-likeness (QED) is 0.425. The maximum atomic E-state index is 6.04. The minimum Gasteiger partial charge on any atom is -0.378 e. The zero-order valence-corrected chi connectivity index (χ0v) is 16.4. The Morgan fingerprint density at radius 2 is 2.17 bits per heavy atom. The maximum Gasteiger partial charge on any atom is 0.191 e. The Hall–Kier alpha value is -0.810. The standard InChI is InChI=1S/C19H38N4O/c1-6-7-11-24-17-12-16(19(17,2)3)22-18(20-4)21-13-15-9-8-10-23(5)14-15/h15-17H,6-14H2,1-5H3,(H2,20,21,22). The molecule has 2 aliphatic rings. The van der Waals surface area contributed by atoms with Crippen LogP contribution in [0.25, 0.3) is 0 Å². The average Bonchev–Trinajstić information content (AvgIpc) is 2.56. The number of ether oxygens (including phenoxy) is 1. The first-order valence-electron chi connectivity index (χ1n) is 9.74. The number of hydrogen-bond donors (Lipinski definition) is 2. The van der Waals surface area contributed by atoms with Crippen molar-refractivity contribution in [1.29, 1.82) is 0 Å². The highest BCUT2D eigenvalue weighted by Gasteiger charge is 2.49. The highest BCUT2D eigenvalue weighted by Crippen LogP contribution is 2.42. The van der Waals surface area contributed by atoms with Gasteiger partial charge >= 0.3 is 0 Å². The fourth-order valence-electron chi connectivity index (χ4n) is 3.82. The summed E-state index contributed by atoms with van der Waals surface area (Å²) in [6.45, 7) is 11.1. The molecule has 140 valence electrons. The van der Waals surface area contributed by atoms with Crippen LogP contribution in [0.2, 0.25) is 0 Å². The number of guanidine groups is 1. The van der Waals surface area contributed by atoms with Gasteiger partial charge in [0.05, 0.1) is 6.10 Å². The lowest BCUT2D eigenvalue weighted by atomic mass is 9.64. The third-order valence-corrected chi connectivity index (χ3v) is 5.81. The van der Waals surface area contributed by atoms with Crippen molar-refractivity contribution >= 4 is 5.96 Å². The van der Waals surface area contributed by atoms with Gasteiger partial charge in [0.15, 0.2) is 5.96 Å². The van der Waals surface area contributed by atoms with Crippen molar-refractivity contribution in [3.63, 3.8) is 0 Å². The van der Waals surface area contributed by atoms with Crippen LogP contribution in [0.3, 0.4) is 0 Å². The van der Waals surface area contributed by atoms with E-state index >= 15 is 0 Å².